The van der Waals surface area contributed by atoms with Gasteiger partial charge in [-0.05, 0) is 12.8 Å². The molecule has 112 valence electrons. The highest BCUT2D eigenvalue weighted by atomic mass is 32.1. The van der Waals surface area contributed by atoms with E-state index in [1.807, 2.05) is 44.2 Å². The maximum atomic E-state index is 12.4. The molecule has 0 spiro atoms. The Balaban J connectivity index is 2.16. The molecule has 0 atom stereocenters. The third-order valence-electron chi connectivity index (χ3n) is 3.88. The maximum absolute atomic E-state index is 12.4. The second-order valence-corrected chi connectivity index (χ2v) is 5.91. The summed E-state index contributed by atoms with van der Waals surface area (Å²) in [5.41, 5.74) is 6.96. The van der Waals surface area contributed by atoms with Crippen LogP contribution in [0.25, 0.3) is 10.6 Å². The molecular weight excluding hydrogens is 282 g/mol. The summed E-state index contributed by atoms with van der Waals surface area (Å²) in [6.45, 7) is 4.50. The van der Waals surface area contributed by atoms with E-state index < -0.39 is 0 Å². The van der Waals surface area contributed by atoms with Gasteiger partial charge in [-0.3, -0.25) is 4.79 Å². The molecule has 0 radical (unpaired) electrons. The lowest BCUT2D eigenvalue weighted by Crippen LogP contribution is -2.52. The third kappa shape index (κ3) is 3.49. The lowest BCUT2D eigenvalue weighted by molar-refractivity contribution is 0.0891. The van der Waals surface area contributed by atoms with Gasteiger partial charge in [0.15, 0.2) is 0 Å². The molecule has 0 aliphatic rings. The second kappa shape index (κ2) is 6.83. The highest BCUT2D eigenvalue weighted by Gasteiger charge is 2.27. The number of benzene rings is 1. The number of carbonyl (C=O) groups is 1. The monoisotopic (exact) mass is 303 g/mol. The number of amides is 1. The largest absolute Gasteiger partial charge is 0.344 e. The minimum atomic E-state index is -0.340. The summed E-state index contributed by atoms with van der Waals surface area (Å²) in [7, 11) is 0. The van der Waals surface area contributed by atoms with Crippen molar-refractivity contribution in [1.82, 2.24) is 10.3 Å². The van der Waals surface area contributed by atoms with Gasteiger partial charge < -0.3 is 11.1 Å². The Kier molecular flexibility index (Phi) is 5.09. The predicted molar refractivity (Wildman–Crippen MR) is 87.4 cm³/mol. The zero-order valence-corrected chi connectivity index (χ0v) is 13.2. The van der Waals surface area contributed by atoms with Gasteiger partial charge in [-0.25, -0.2) is 4.98 Å². The van der Waals surface area contributed by atoms with Crippen molar-refractivity contribution in [3.8, 4) is 10.6 Å². The average molecular weight is 303 g/mol. The van der Waals surface area contributed by atoms with Crippen molar-refractivity contribution in [2.75, 3.05) is 6.54 Å². The van der Waals surface area contributed by atoms with E-state index in [-0.39, 0.29) is 11.4 Å². The molecule has 1 heterocycles. The molecule has 2 rings (SSSR count). The maximum Gasteiger partial charge on any atom is 0.271 e. The first-order valence-corrected chi connectivity index (χ1v) is 8.05. The number of hydrogen-bond acceptors (Lipinski definition) is 4. The fourth-order valence-corrected chi connectivity index (χ4v) is 2.97. The van der Waals surface area contributed by atoms with Crippen LogP contribution in [0.5, 0.6) is 0 Å². The molecule has 0 saturated heterocycles. The zero-order chi connectivity index (χ0) is 15.3. The van der Waals surface area contributed by atoms with E-state index in [2.05, 4.69) is 10.3 Å². The van der Waals surface area contributed by atoms with Crippen LogP contribution in [0.15, 0.2) is 35.7 Å². The van der Waals surface area contributed by atoms with Crippen LogP contribution in [0.2, 0.25) is 0 Å². The molecule has 1 aromatic carbocycles. The van der Waals surface area contributed by atoms with Gasteiger partial charge in [0.25, 0.3) is 5.91 Å². The molecular formula is C16H21N3OS. The SMILES string of the molecule is CCC(CC)(CN)NC(=O)c1csc(-c2ccccc2)n1. The topological polar surface area (TPSA) is 68.0 Å². The van der Waals surface area contributed by atoms with Gasteiger partial charge in [-0.2, -0.15) is 0 Å². The van der Waals surface area contributed by atoms with E-state index in [4.69, 9.17) is 5.73 Å². The number of hydrogen-bond donors (Lipinski definition) is 2. The molecule has 2 aromatic rings. The third-order valence-corrected chi connectivity index (χ3v) is 4.77. The lowest BCUT2D eigenvalue weighted by Gasteiger charge is -2.31. The summed E-state index contributed by atoms with van der Waals surface area (Å²) in [5, 5.41) is 5.69. The Hall–Kier alpha value is -1.72. The highest BCUT2D eigenvalue weighted by Crippen LogP contribution is 2.24. The normalized spacial score (nSPS) is 11.4. The molecule has 0 fully saturated rings. The fourth-order valence-electron chi connectivity index (χ4n) is 2.16. The highest BCUT2D eigenvalue weighted by molar-refractivity contribution is 7.13. The van der Waals surface area contributed by atoms with Crippen molar-refractivity contribution in [3.63, 3.8) is 0 Å². The molecule has 0 unspecified atom stereocenters. The van der Waals surface area contributed by atoms with Crippen LogP contribution in [0, 0.1) is 0 Å². The average Bonchev–Trinajstić information content (AvgIpc) is 3.04. The molecule has 4 nitrogen and oxygen atoms in total. The van der Waals surface area contributed by atoms with Crippen LogP contribution in [0.4, 0.5) is 0 Å². The van der Waals surface area contributed by atoms with E-state index in [1.54, 1.807) is 5.38 Å². The first-order chi connectivity index (χ1) is 10.1. The summed E-state index contributed by atoms with van der Waals surface area (Å²) < 4.78 is 0. The summed E-state index contributed by atoms with van der Waals surface area (Å²) in [6, 6.07) is 9.86. The number of carbonyl (C=O) groups excluding carboxylic acids is 1. The molecule has 21 heavy (non-hydrogen) atoms. The first-order valence-electron chi connectivity index (χ1n) is 7.17. The quantitative estimate of drug-likeness (QED) is 0.862. The van der Waals surface area contributed by atoms with E-state index >= 15 is 0 Å². The van der Waals surface area contributed by atoms with Gasteiger partial charge in [-0.15, -0.1) is 11.3 Å². The van der Waals surface area contributed by atoms with Crippen molar-refractivity contribution < 1.29 is 4.79 Å². The van der Waals surface area contributed by atoms with Crippen molar-refractivity contribution in [1.29, 1.82) is 0 Å². The lowest BCUT2D eigenvalue weighted by atomic mass is 9.93. The van der Waals surface area contributed by atoms with Crippen LogP contribution < -0.4 is 11.1 Å². The molecule has 1 amide bonds. The van der Waals surface area contributed by atoms with Crippen molar-refractivity contribution in [2.24, 2.45) is 5.73 Å². The number of nitrogens with zero attached hydrogens (tertiary/aromatic N) is 1. The number of nitrogens with one attached hydrogen (secondary N) is 1. The second-order valence-electron chi connectivity index (χ2n) is 5.05. The fraction of sp³-hybridized carbons (Fsp3) is 0.375. The molecule has 0 aliphatic carbocycles. The van der Waals surface area contributed by atoms with Gasteiger partial charge in [0, 0.05) is 17.5 Å². The molecule has 3 N–H and O–H groups in total. The summed E-state index contributed by atoms with van der Waals surface area (Å²) >= 11 is 1.48. The smallest absolute Gasteiger partial charge is 0.271 e. The van der Waals surface area contributed by atoms with Gasteiger partial charge in [-0.1, -0.05) is 44.2 Å². The first kappa shape index (κ1) is 15.7. The Morgan fingerprint density at radius 1 is 1.29 bits per heavy atom. The summed E-state index contributed by atoms with van der Waals surface area (Å²) in [5.74, 6) is -0.150. The van der Waals surface area contributed by atoms with Crippen LogP contribution in [-0.2, 0) is 0 Å². The number of thiazole rings is 1. The van der Waals surface area contributed by atoms with Crippen LogP contribution >= 0.6 is 11.3 Å². The Morgan fingerprint density at radius 2 is 1.95 bits per heavy atom. The van der Waals surface area contributed by atoms with Gasteiger partial charge >= 0.3 is 0 Å². The minimum absolute atomic E-state index is 0.150. The minimum Gasteiger partial charge on any atom is -0.344 e. The van der Waals surface area contributed by atoms with Crippen LogP contribution in [-0.4, -0.2) is 23.0 Å². The van der Waals surface area contributed by atoms with Crippen molar-refractivity contribution in [3.05, 3.63) is 41.4 Å². The Labute approximate surface area is 129 Å². The number of rotatable bonds is 6. The Bertz CT molecular complexity index is 582. The van der Waals surface area contributed by atoms with E-state index in [1.165, 1.54) is 11.3 Å². The summed E-state index contributed by atoms with van der Waals surface area (Å²) in [6.07, 6.45) is 1.61. The molecule has 0 saturated carbocycles. The molecule has 0 bridgehead atoms. The van der Waals surface area contributed by atoms with Crippen molar-refractivity contribution in [2.45, 2.75) is 32.2 Å². The molecule has 5 heteroatoms. The van der Waals surface area contributed by atoms with Gasteiger partial charge in [0.1, 0.15) is 10.7 Å². The predicted octanol–water partition coefficient (Wildman–Crippen LogP) is 3.06. The number of aromatic nitrogens is 1. The van der Waals surface area contributed by atoms with E-state index in [0.29, 0.717) is 12.2 Å². The van der Waals surface area contributed by atoms with Gasteiger partial charge in [0.05, 0.1) is 5.54 Å². The standard InChI is InChI=1S/C16H21N3OS/c1-3-16(4-2,11-17)19-14(20)13-10-21-15(18-13)12-8-6-5-7-9-12/h5-10H,3-4,11,17H2,1-2H3,(H,19,20). The molecule has 1 aromatic heterocycles. The number of nitrogens with two attached hydrogens (primary N) is 1. The zero-order valence-electron chi connectivity index (χ0n) is 12.4. The van der Waals surface area contributed by atoms with Crippen LogP contribution in [0.1, 0.15) is 37.2 Å². The van der Waals surface area contributed by atoms with Gasteiger partial charge in [0.2, 0.25) is 0 Å². The van der Waals surface area contributed by atoms with Crippen molar-refractivity contribution >= 4 is 17.2 Å². The van der Waals surface area contributed by atoms with Crippen LogP contribution in [0.3, 0.4) is 0 Å². The molecule has 0 aliphatic heterocycles. The Morgan fingerprint density at radius 3 is 2.52 bits per heavy atom. The van der Waals surface area contributed by atoms with E-state index in [9.17, 15) is 4.79 Å². The van der Waals surface area contributed by atoms with E-state index in [0.717, 1.165) is 23.4 Å². The summed E-state index contributed by atoms with van der Waals surface area (Å²) in [4.78, 5) is 16.8.